The van der Waals surface area contributed by atoms with Crippen LogP contribution in [0.15, 0.2) is 18.2 Å². The Kier molecular flexibility index (Phi) is 3.50. The van der Waals surface area contributed by atoms with Crippen LogP contribution in [-0.2, 0) is 0 Å². The SMILES string of the molecule is CCCCC(N)c1nc2cccc(Cl)c2n1C1CC1. The Morgan fingerprint density at radius 2 is 2.26 bits per heavy atom. The number of aromatic nitrogens is 2. The van der Waals surface area contributed by atoms with E-state index in [-0.39, 0.29) is 6.04 Å². The molecule has 102 valence electrons. The molecule has 1 atom stereocenters. The van der Waals surface area contributed by atoms with Crippen molar-refractivity contribution in [2.24, 2.45) is 5.73 Å². The van der Waals surface area contributed by atoms with Gasteiger partial charge in [-0.2, -0.15) is 0 Å². The Labute approximate surface area is 118 Å². The lowest BCUT2D eigenvalue weighted by atomic mass is 10.1. The first kappa shape index (κ1) is 12.9. The molecule has 1 aromatic carbocycles. The standard InChI is InChI=1S/C15H20ClN3/c1-2-3-6-12(17)15-18-13-7-4-5-11(16)14(13)19(15)10-8-9-10/h4-5,7,10,12H,2-3,6,8-9,17H2,1H3. The van der Waals surface area contributed by atoms with Gasteiger partial charge in [0.05, 0.1) is 22.1 Å². The Balaban J connectivity index is 2.08. The summed E-state index contributed by atoms with van der Waals surface area (Å²) < 4.78 is 2.29. The van der Waals surface area contributed by atoms with E-state index in [0.29, 0.717) is 6.04 Å². The van der Waals surface area contributed by atoms with Crippen molar-refractivity contribution in [2.75, 3.05) is 0 Å². The van der Waals surface area contributed by atoms with Crippen LogP contribution in [0, 0.1) is 0 Å². The third-order valence-corrected chi connectivity index (χ3v) is 4.11. The van der Waals surface area contributed by atoms with Gasteiger partial charge in [0.1, 0.15) is 5.82 Å². The molecule has 0 spiro atoms. The Bertz CT molecular complexity index is 586. The number of halogens is 1. The number of rotatable bonds is 5. The predicted molar refractivity (Wildman–Crippen MR) is 79.5 cm³/mol. The van der Waals surface area contributed by atoms with E-state index in [2.05, 4.69) is 11.5 Å². The van der Waals surface area contributed by atoms with Crippen molar-refractivity contribution in [1.82, 2.24) is 9.55 Å². The molecule has 0 bridgehead atoms. The average molecular weight is 278 g/mol. The third-order valence-electron chi connectivity index (χ3n) is 3.80. The highest BCUT2D eigenvalue weighted by Crippen LogP contribution is 2.41. The van der Waals surface area contributed by atoms with Crippen LogP contribution in [0.2, 0.25) is 5.02 Å². The summed E-state index contributed by atoms with van der Waals surface area (Å²) in [6.07, 6.45) is 5.72. The average Bonchev–Trinajstić information content (AvgIpc) is 3.16. The summed E-state index contributed by atoms with van der Waals surface area (Å²) in [6.45, 7) is 2.19. The van der Waals surface area contributed by atoms with Crippen LogP contribution in [0.4, 0.5) is 0 Å². The molecule has 3 rings (SSSR count). The molecule has 2 aromatic rings. The topological polar surface area (TPSA) is 43.8 Å². The van der Waals surface area contributed by atoms with Crippen LogP contribution in [0.5, 0.6) is 0 Å². The highest BCUT2D eigenvalue weighted by Gasteiger charge is 2.30. The summed E-state index contributed by atoms with van der Waals surface area (Å²) in [5.41, 5.74) is 8.37. The normalized spacial score (nSPS) is 17.0. The van der Waals surface area contributed by atoms with Crippen LogP contribution >= 0.6 is 11.6 Å². The van der Waals surface area contributed by atoms with E-state index in [1.165, 1.54) is 12.8 Å². The lowest BCUT2D eigenvalue weighted by Gasteiger charge is -2.14. The summed E-state index contributed by atoms with van der Waals surface area (Å²) in [5.74, 6) is 1.01. The minimum absolute atomic E-state index is 0.0176. The van der Waals surface area contributed by atoms with Crippen molar-refractivity contribution in [3.63, 3.8) is 0 Å². The molecule has 0 aliphatic heterocycles. The van der Waals surface area contributed by atoms with Crippen LogP contribution < -0.4 is 5.73 Å². The van der Waals surface area contributed by atoms with Gasteiger partial charge in [-0.25, -0.2) is 4.98 Å². The minimum Gasteiger partial charge on any atom is -0.322 e. The number of benzene rings is 1. The molecule has 1 saturated carbocycles. The van der Waals surface area contributed by atoms with Crippen molar-refractivity contribution in [3.8, 4) is 0 Å². The second-order valence-electron chi connectivity index (χ2n) is 5.43. The van der Waals surface area contributed by atoms with Gasteiger partial charge in [0.15, 0.2) is 0 Å². The molecule has 1 fully saturated rings. The predicted octanol–water partition coefficient (Wildman–Crippen LogP) is 4.21. The highest BCUT2D eigenvalue weighted by molar-refractivity contribution is 6.35. The first-order chi connectivity index (χ1) is 9.22. The van der Waals surface area contributed by atoms with Crippen LogP contribution in [0.1, 0.15) is 56.9 Å². The van der Waals surface area contributed by atoms with Crippen molar-refractivity contribution in [3.05, 3.63) is 29.0 Å². The third kappa shape index (κ3) is 2.37. The van der Waals surface area contributed by atoms with Gasteiger partial charge < -0.3 is 10.3 Å². The highest BCUT2D eigenvalue weighted by atomic mass is 35.5. The van der Waals surface area contributed by atoms with E-state index in [1.807, 2.05) is 18.2 Å². The Hall–Kier alpha value is -1.06. The van der Waals surface area contributed by atoms with Crippen molar-refractivity contribution >= 4 is 22.6 Å². The monoisotopic (exact) mass is 277 g/mol. The van der Waals surface area contributed by atoms with Crippen LogP contribution in [0.3, 0.4) is 0 Å². The minimum atomic E-state index is 0.0176. The molecule has 1 aromatic heterocycles. The molecule has 1 unspecified atom stereocenters. The smallest absolute Gasteiger partial charge is 0.127 e. The molecule has 4 heteroatoms. The van der Waals surface area contributed by atoms with E-state index in [9.17, 15) is 0 Å². The number of unbranched alkanes of at least 4 members (excludes halogenated alkanes) is 1. The number of nitrogens with zero attached hydrogens (tertiary/aromatic N) is 2. The van der Waals surface area contributed by atoms with Gasteiger partial charge in [-0.15, -0.1) is 0 Å². The molecule has 0 amide bonds. The maximum absolute atomic E-state index is 6.35. The fourth-order valence-corrected chi connectivity index (χ4v) is 2.90. The number of hydrogen-bond donors (Lipinski definition) is 1. The number of hydrogen-bond acceptors (Lipinski definition) is 2. The van der Waals surface area contributed by atoms with Crippen LogP contribution in [-0.4, -0.2) is 9.55 Å². The van der Waals surface area contributed by atoms with Crippen molar-refractivity contribution in [1.29, 1.82) is 0 Å². The zero-order chi connectivity index (χ0) is 13.4. The largest absolute Gasteiger partial charge is 0.322 e. The molecule has 0 radical (unpaired) electrons. The van der Waals surface area contributed by atoms with Gasteiger partial charge in [0.2, 0.25) is 0 Å². The summed E-state index contributed by atoms with van der Waals surface area (Å²) in [7, 11) is 0. The van der Waals surface area contributed by atoms with E-state index >= 15 is 0 Å². The van der Waals surface area contributed by atoms with E-state index in [1.54, 1.807) is 0 Å². The Morgan fingerprint density at radius 1 is 1.47 bits per heavy atom. The quantitative estimate of drug-likeness (QED) is 0.889. The Morgan fingerprint density at radius 3 is 2.95 bits per heavy atom. The lowest BCUT2D eigenvalue weighted by molar-refractivity contribution is 0.543. The van der Waals surface area contributed by atoms with Crippen LogP contribution in [0.25, 0.3) is 11.0 Å². The van der Waals surface area contributed by atoms with E-state index in [0.717, 1.165) is 41.1 Å². The molecule has 0 saturated heterocycles. The fraction of sp³-hybridized carbons (Fsp3) is 0.533. The zero-order valence-electron chi connectivity index (χ0n) is 11.3. The summed E-state index contributed by atoms with van der Waals surface area (Å²) >= 11 is 6.35. The van der Waals surface area contributed by atoms with Gasteiger partial charge >= 0.3 is 0 Å². The van der Waals surface area contributed by atoms with Crippen molar-refractivity contribution in [2.45, 2.75) is 51.1 Å². The van der Waals surface area contributed by atoms with Gasteiger partial charge in [-0.05, 0) is 31.4 Å². The van der Waals surface area contributed by atoms with Gasteiger partial charge in [-0.1, -0.05) is 37.4 Å². The number of imidazole rings is 1. The molecule has 1 aliphatic rings. The first-order valence-electron chi connectivity index (χ1n) is 7.14. The molecule has 19 heavy (non-hydrogen) atoms. The van der Waals surface area contributed by atoms with E-state index in [4.69, 9.17) is 22.3 Å². The molecular formula is C15H20ClN3. The van der Waals surface area contributed by atoms with E-state index < -0.39 is 0 Å². The fourth-order valence-electron chi connectivity index (χ4n) is 2.64. The zero-order valence-corrected chi connectivity index (χ0v) is 12.0. The molecular weight excluding hydrogens is 258 g/mol. The number of fused-ring (bicyclic) bond motifs is 1. The summed E-state index contributed by atoms with van der Waals surface area (Å²) in [4.78, 5) is 4.74. The molecule has 1 heterocycles. The molecule has 1 aliphatic carbocycles. The maximum atomic E-state index is 6.35. The van der Waals surface area contributed by atoms with Crippen molar-refractivity contribution < 1.29 is 0 Å². The molecule has 2 N–H and O–H groups in total. The lowest BCUT2D eigenvalue weighted by Crippen LogP contribution is -2.16. The maximum Gasteiger partial charge on any atom is 0.127 e. The summed E-state index contributed by atoms with van der Waals surface area (Å²) in [5, 5.41) is 0.783. The number of para-hydroxylation sites is 1. The van der Waals surface area contributed by atoms with Gasteiger partial charge in [0, 0.05) is 6.04 Å². The first-order valence-corrected chi connectivity index (χ1v) is 7.52. The summed E-state index contributed by atoms with van der Waals surface area (Å²) in [6, 6.07) is 6.48. The molecule has 3 nitrogen and oxygen atoms in total. The van der Waals surface area contributed by atoms with Gasteiger partial charge in [0.25, 0.3) is 0 Å². The van der Waals surface area contributed by atoms with Gasteiger partial charge in [-0.3, -0.25) is 0 Å². The second-order valence-corrected chi connectivity index (χ2v) is 5.83. The second kappa shape index (κ2) is 5.14. The number of nitrogens with two attached hydrogens (primary N) is 1.